The van der Waals surface area contributed by atoms with E-state index < -0.39 is 0 Å². The second-order valence-electron chi connectivity index (χ2n) is 4.37. The predicted octanol–water partition coefficient (Wildman–Crippen LogP) is 1.83. The maximum atomic E-state index is 11.7. The minimum absolute atomic E-state index is 0.0283. The van der Waals surface area contributed by atoms with Crippen LogP contribution >= 0.6 is 0 Å². The summed E-state index contributed by atoms with van der Waals surface area (Å²) in [6.07, 6.45) is 1.16. The number of carbonyl (C=O) groups is 1. The maximum Gasteiger partial charge on any atom is 0.222 e. The molecule has 4 heteroatoms. The van der Waals surface area contributed by atoms with E-state index in [-0.39, 0.29) is 11.8 Å². The molecule has 1 saturated heterocycles. The first-order chi connectivity index (χ1) is 8.79. The highest BCUT2D eigenvalue weighted by Crippen LogP contribution is 2.16. The first kappa shape index (κ1) is 12.4. The van der Waals surface area contributed by atoms with Crippen LogP contribution in [0.5, 0.6) is 5.75 Å². The van der Waals surface area contributed by atoms with Gasteiger partial charge in [0.1, 0.15) is 12.4 Å². The van der Waals surface area contributed by atoms with Crippen molar-refractivity contribution in [3.8, 4) is 11.8 Å². The topological polar surface area (TPSA) is 53.3 Å². The number of amides is 1. The molecule has 1 aromatic rings. The lowest BCUT2D eigenvalue weighted by Crippen LogP contribution is -2.41. The Balaban J connectivity index is 1.79. The van der Waals surface area contributed by atoms with Crippen molar-refractivity contribution in [2.75, 3.05) is 19.7 Å². The van der Waals surface area contributed by atoms with Crippen LogP contribution < -0.4 is 4.74 Å². The Morgan fingerprint density at radius 3 is 2.89 bits per heavy atom. The Hall–Kier alpha value is -2.02. The summed E-state index contributed by atoms with van der Waals surface area (Å²) >= 11 is 0. The van der Waals surface area contributed by atoms with Gasteiger partial charge in [-0.05, 0) is 18.6 Å². The molecule has 0 saturated carbocycles. The smallest absolute Gasteiger partial charge is 0.222 e. The van der Waals surface area contributed by atoms with Crippen molar-refractivity contribution in [3.05, 3.63) is 30.3 Å². The number of para-hydroxylation sites is 1. The van der Waals surface area contributed by atoms with E-state index in [1.165, 1.54) is 0 Å². The van der Waals surface area contributed by atoms with E-state index in [4.69, 9.17) is 10.00 Å². The van der Waals surface area contributed by atoms with Gasteiger partial charge >= 0.3 is 0 Å². The number of hydrogen-bond donors (Lipinski definition) is 0. The summed E-state index contributed by atoms with van der Waals surface area (Å²) < 4.78 is 5.55. The number of rotatable bonds is 4. The van der Waals surface area contributed by atoms with Gasteiger partial charge in [0.15, 0.2) is 0 Å². The molecule has 0 aromatic heterocycles. The van der Waals surface area contributed by atoms with Crippen LogP contribution in [-0.4, -0.2) is 30.5 Å². The Labute approximate surface area is 107 Å². The van der Waals surface area contributed by atoms with Gasteiger partial charge in [-0.15, -0.1) is 0 Å². The first-order valence-corrected chi connectivity index (χ1v) is 6.15. The fraction of sp³-hybridized carbons (Fsp3) is 0.429. The van der Waals surface area contributed by atoms with Crippen LogP contribution in [0.2, 0.25) is 0 Å². The zero-order valence-electron chi connectivity index (χ0n) is 10.2. The zero-order chi connectivity index (χ0) is 12.8. The van der Waals surface area contributed by atoms with E-state index >= 15 is 0 Å². The number of likely N-dealkylation sites (tertiary alicyclic amines) is 1. The molecule has 1 heterocycles. The van der Waals surface area contributed by atoms with E-state index in [1.807, 2.05) is 30.3 Å². The van der Waals surface area contributed by atoms with Crippen molar-refractivity contribution in [2.24, 2.45) is 5.92 Å². The SMILES string of the molecule is N#CC1CCC(=O)N(CCOc2ccccc2)C1. The number of ether oxygens (including phenoxy) is 1. The highest BCUT2D eigenvalue weighted by atomic mass is 16.5. The van der Waals surface area contributed by atoms with Crippen molar-refractivity contribution in [1.29, 1.82) is 5.26 Å². The monoisotopic (exact) mass is 244 g/mol. The van der Waals surface area contributed by atoms with E-state index in [0.717, 1.165) is 5.75 Å². The molecular weight excluding hydrogens is 228 g/mol. The van der Waals surface area contributed by atoms with Gasteiger partial charge < -0.3 is 9.64 Å². The highest BCUT2D eigenvalue weighted by Gasteiger charge is 2.24. The molecule has 0 bridgehead atoms. The number of hydrogen-bond acceptors (Lipinski definition) is 3. The summed E-state index contributed by atoms with van der Waals surface area (Å²) in [5, 5.41) is 8.88. The number of benzene rings is 1. The van der Waals surface area contributed by atoms with Gasteiger partial charge in [-0.2, -0.15) is 5.26 Å². The molecule has 0 radical (unpaired) electrons. The van der Waals surface area contributed by atoms with Gasteiger partial charge in [-0.25, -0.2) is 0 Å². The van der Waals surface area contributed by atoms with Crippen LogP contribution in [-0.2, 0) is 4.79 Å². The molecule has 0 spiro atoms. The average Bonchev–Trinajstić information content (AvgIpc) is 2.42. The largest absolute Gasteiger partial charge is 0.492 e. The van der Waals surface area contributed by atoms with Crippen molar-refractivity contribution < 1.29 is 9.53 Å². The van der Waals surface area contributed by atoms with Crippen LogP contribution in [0, 0.1) is 17.2 Å². The Kier molecular flexibility index (Phi) is 4.19. The van der Waals surface area contributed by atoms with Gasteiger partial charge in [0, 0.05) is 13.0 Å². The van der Waals surface area contributed by atoms with E-state index in [9.17, 15) is 4.79 Å². The minimum Gasteiger partial charge on any atom is -0.492 e. The zero-order valence-corrected chi connectivity index (χ0v) is 10.2. The lowest BCUT2D eigenvalue weighted by Gasteiger charge is -2.29. The van der Waals surface area contributed by atoms with E-state index in [2.05, 4.69) is 6.07 Å². The predicted molar refractivity (Wildman–Crippen MR) is 66.9 cm³/mol. The third-order valence-electron chi connectivity index (χ3n) is 3.06. The fourth-order valence-electron chi connectivity index (χ4n) is 2.03. The minimum atomic E-state index is -0.0283. The molecule has 1 aliphatic heterocycles. The molecule has 0 aliphatic carbocycles. The number of nitrogens with zero attached hydrogens (tertiary/aromatic N) is 2. The summed E-state index contributed by atoms with van der Waals surface area (Å²) in [6.45, 7) is 1.55. The lowest BCUT2D eigenvalue weighted by molar-refractivity contribution is -0.134. The molecule has 1 atom stereocenters. The Morgan fingerprint density at radius 1 is 1.39 bits per heavy atom. The Morgan fingerprint density at radius 2 is 2.17 bits per heavy atom. The summed E-state index contributed by atoms with van der Waals surface area (Å²) in [5.41, 5.74) is 0. The molecular formula is C14H16N2O2. The first-order valence-electron chi connectivity index (χ1n) is 6.15. The normalized spacial score (nSPS) is 19.4. The van der Waals surface area contributed by atoms with E-state index in [0.29, 0.717) is 32.5 Å². The quantitative estimate of drug-likeness (QED) is 0.812. The lowest BCUT2D eigenvalue weighted by atomic mass is 9.99. The molecule has 1 aliphatic rings. The average molecular weight is 244 g/mol. The summed E-state index contributed by atoms with van der Waals surface area (Å²) in [7, 11) is 0. The summed E-state index contributed by atoms with van der Waals surface area (Å²) in [6, 6.07) is 11.7. The highest BCUT2D eigenvalue weighted by molar-refractivity contribution is 5.77. The van der Waals surface area contributed by atoms with Gasteiger partial charge in [0.2, 0.25) is 5.91 Å². The van der Waals surface area contributed by atoms with Crippen LogP contribution in [0.15, 0.2) is 30.3 Å². The molecule has 1 amide bonds. The third kappa shape index (κ3) is 3.24. The molecule has 18 heavy (non-hydrogen) atoms. The van der Waals surface area contributed by atoms with Gasteiger partial charge in [0.05, 0.1) is 18.5 Å². The van der Waals surface area contributed by atoms with Gasteiger partial charge in [0.25, 0.3) is 0 Å². The Bertz CT molecular complexity index is 439. The second kappa shape index (κ2) is 6.06. The van der Waals surface area contributed by atoms with Crippen molar-refractivity contribution in [1.82, 2.24) is 4.90 Å². The fourth-order valence-corrected chi connectivity index (χ4v) is 2.03. The van der Waals surface area contributed by atoms with Crippen LogP contribution in [0.1, 0.15) is 12.8 Å². The summed E-state index contributed by atoms with van der Waals surface area (Å²) in [4.78, 5) is 13.4. The summed E-state index contributed by atoms with van der Waals surface area (Å²) in [5.74, 6) is 0.899. The molecule has 4 nitrogen and oxygen atoms in total. The molecule has 94 valence electrons. The third-order valence-corrected chi connectivity index (χ3v) is 3.06. The van der Waals surface area contributed by atoms with Crippen LogP contribution in [0.25, 0.3) is 0 Å². The molecule has 2 rings (SSSR count). The molecule has 1 fully saturated rings. The number of nitriles is 1. The molecule has 1 unspecified atom stereocenters. The maximum absolute atomic E-state index is 11.7. The number of piperidine rings is 1. The van der Waals surface area contributed by atoms with Crippen molar-refractivity contribution in [3.63, 3.8) is 0 Å². The standard InChI is InChI=1S/C14H16N2O2/c15-10-12-6-7-14(17)16(11-12)8-9-18-13-4-2-1-3-5-13/h1-5,12H,6-9,11H2. The molecule has 0 N–H and O–H groups in total. The van der Waals surface area contributed by atoms with Gasteiger partial charge in [-0.1, -0.05) is 18.2 Å². The van der Waals surface area contributed by atoms with Crippen molar-refractivity contribution >= 4 is 5.91 Å². The second-order valence-corrected chi connectivity index (χ2v) is 4.37. The van der Waals surface area contributed by atoms with Crippen LogP contribution in [0.3, 0.4) is 0 Å². The van der Waals surface area contributed by atoms with E-state index in [1.54, 1.807) is 4.90 Å². The molecule has 1 aromatic carbocycles. The van der Waals surface area contributed by atoms with Gasteiger partial charge in [-0.3, -0.25) is 4.79 Å². The van der Waals surface area contributed by atoms with Crippen molar-refractivity contribution in [2.45, 2.75) is 12.8 Å². The van der Waals surface area contributed by atoms with Crippen LogP contribution in [0.4, 0.5) is 0 Å². The number of carbonyl (C=O) groups excluding carboxylic acids is 1.